The third kappa shape index (κ3) is 49.0. The molecule has 0 aliphatic heterocycles. The van der Waals surface area contributed by atoms with Crippen molar-refractivity contribution < 1.29 is 30.6 Å². The lowest BCUT2D eigenvalue weighted by atomic mass is 10.3. The van der Waals surface area contributed by atoms with Crippen molar-refractivity contribution in [3.05, 3.63) is 0 Å². The van der Waals surface area contributed by atoms with Crippen LogP contribution in [0.4, 0.5) is 0 Å². The van der Waals surface area contributed by atoms with Crippen LogP contribution in [-0.4, -0.2) is 69.3 Å². The fourth-order valence-electron chi connectivity index (χ4n) is 0.224. The molecule has 6 heteroatoms. The van der Waals surface area contributed by atoms with Crippen molar-refractivity contribution in [3.63, 3.8) is 0 Å². The molecule has 0 fully saturated rings. The lowest BCUT2D eigenvalue weighted by Gasteiger charge is -1.90. The molecule has 0 saturated heterocycles. The first kappa shape index (κ1) is 21.1. The van der Waals surface area contributed by atoms with Crippen LogP contribution < -0.4 is 0 Å². The molecule has 0 aliphatic carbocycles. The van der Waals surface area contributed by atoms with Crippen molar-refractivity contribution in [2.24, 2.45) is 0 Å². The highest BCUT2D eigenvalue weighted by Crippen LogP contribution is 1.80. The van der Waals surface area contributed by atoms with Gasteiger partial charge in [0.15, 0.2) is 0 Å². The molecule has 2 atom stereocenters. The van der Waals surface area contributed by atoms with Crippen molar-refractivity contribution in [1.82, 2.24) is 0 Å². The lowest BCUT2D eigenvalue weighted by molar-refractivity contribution is 0.110. The van der Waals surface area contributed by atoms with E-state index < -0.39 is 12.2 Å². The van der Waals surface area contributed by atoms with E-state index in [2.05, 4.69) is 0 Å². The van der Waals surface area contributed by atoms with Gasteiger partial charge in [-0.3, -0.25) is 0 Å². The van der Waals surface area contributed by atoms with Crippen molar-refractivity contribution in [2.45, 2.75) is 38.9 Å². The van der Waals surface area contributed by atoms with Gasteiger partial charge in [0.25, 0.3) is 0 Å². The predicted octanol–water partition coefficient (Wildman–Crippen LogP) is -1.53. The van der Waals surface area contributed by atoms with Crippen LogP contribution in [0, 0.1) is 0 Å². The Morgan fingerprint density at radius 2 is 0.875 bits per heavy atom. The summed E-state index contributed by atoms with van der Waals surface area (Å²) in [7, 11) is 0. The molecule has 0 spiro atoms. The Morgan fingerprint density at radius 3 is 0.938 bits per heavy atom. The standard InChI is InChI=1S/C4H10O2.2C3H8O2/c5-3-1-2-4-6;2*1-3(5)2-4/h5-6H,1-4H2;2*3-5H,2H2,1H3. The quantitative estimate of drug-likeness (QED) is 0.325. The molecule has 0 aromatic carbocycles. The van der Waals surface area contributed by atoms with Crippen molar-refractivity contribution in [1.29, 1.82) is 0 Å². The zero-order valence-corrected chi connectivity index (χ0v) is 10.1. The lowest BCUT2D eigenvalue weighted by Crippen LogP contribution is -2.03. The maximum Gasteiger partial charge on any atom is 0.0742 e. The minimum absolute atomic E-state index is 0.139. The Balaban J connectivity index is -0.000000160. The second-order valence-electron chi connectivity index (χ2n) is 3.22. The summed E-state index contributed by atoms with van der Waals surface area (Å²) in [5.74, 6) is 0. The summed E-state index contributed by atoms with van der Waals surface area (Å²) in [6, 6.07) is 0. The molecule has 102 valence electrons. The number of hydrogen-bond donors (Lipinski definition) is 6. The number of aliphatic hydroxyl groups excluding tert-OH is 6. The first-order valence-corrected chi connectivity index (χ1v) is 5.25. The Morgan fingerprint density at radius 1 is 0.688 bits per heavy atom. The van der Waals surface area contributed by atoms with Crippen LogP contribution in [0.1, 0.15) is 26.7 Å². The molecular weight excluding hydrogens is 216 g/mol. The average Bonchev–Trinajstić information content (AvgIpc) is 2.27. The summed E-state index contributed by atoms with van der Waals surface area (Å²) >= 11 is 0. The smallest absolute Gasteiger partial charge is 0.0742 e. The largest absolute Gasteiger partial charge is 0.396 e. The summed E-state index contributed by atoms with van der Waals surface area (Å²) in [6.45, 7) is 3.17. The highest BCUT2D eigenvalue weighted by Gasteiger charge is 1.83. The van der Waals surface area contributed by atoms with E-state index in [4.69, 9.17) is 30.6 Å². The first-order valence-electron chi connectivity index (χ1n) is 5.25. The number of aliphatic hydroxyl groups is 6. The molecule has 6 nitrogen and oxygen atoms in total. The highest BCUT2D eigenvalue weighted by atomic mass is 16.3. The monoisotopic (exact) mass is 242 g/mol. The molecular formula is C10H26O6. The summed E-state index contributed by atoms with van der Waals surface area (Å²) in [5, 5.41) is 48.2. The van der Waals surface area contributed by atoms with E-state index in [1.54, 1.807) is 0 Å². The van der Waals surface area contributed by atoms with E-state index in [0.29, 0.717) is 0 Å². The van der Waals surface area contributed by atoms with Crippen LogP contribution in [-0.2, 0) is 0 Å². The molecule has 0 aromatic heterocycles. The molecule has 0 bridgehead atoms. The van der Waals surface area contributed by atoms with Gasteiger partial charge >= 0.3 is 0 Å². The second kappa shape index (κ2) is 20.2. The van der Waals surface area contributed by atoms with Crippen LogP contribution in [0.15, 0.2) is 0 Å². The minimum atomic E-state index is -0.560. The maximum atomic E-state index is 8.11. The van der Waals surface area contributed by atoms with E-state index in [1.165, 1.54) is 13.8 Å². The molecule has 16 heavy (non-hydrogen) atoms. The van der Waals surface area contributed by atoms with Crippen molar-refractivity contribution in [3.8, 4) is 0 Å². The Kier molecular flexibility index (Phi) is 26.6. The van der Waals surface area contributed by atoms with E-state index in [9.17, 15) is 0 Å². The zero-order chi connectivity index (χ0) is 13.4. The van der Waals surface area contributed by atoms with Gasteiger partial charge in [0.2, 0.25) is 0 Å². The SMILES string of the molecule is CC(O)CO.CC(O)CO.OCCCCO. The molecule has 0 amide bonds. The summed E-state index contributed by atoms with van der Waals surface area (Å²) in [5.41, 5.74) is 0. The molecule has 0 heterocycles. The van der Waals surface area contributed by atoms with E-state index >= 15 is 0 Å². The van der Waals surface area contributed by atoms with Crippen LogP contribution in [0.25, 0.3) is 0 Å². The molecule has 2 unspecified atom stereocenters. The normalized spacial score (nSPS) is 12.8. The van der Waals surface area contributed by atoms with Gasteiger partial charge in [-0.1, -0.05) is 0 Å². The van der Waals surface area contributed by atoms with Gasteiger partial charge < -0.3 is 30.6 Å². The number of unbranched alkanes of at least 4 members (excludes halogenated alkanes) is 1. The van der Waals surface area contributed by atoms with Crippen molar-refractivity contribution >= 4 is 0 Å². The Hall–Kier alpha value is -0.240. The second-order valence-corrected chi connectivity index (χ2v) is 3.22. The Labute approximate surface area is 96.8 Å². The van der Waals surface area contributed by atoms with E-state index in [0.717, 1.165) is 12.8 Å². The van der Waals surface area contributed by atoms with Gasteiger partial charge in [0.05, 0.1) is 25.4 Å². The minimum Gasteiger partial charge on any atom is -0.396 e. The van der Waals surface area contributed by atoms with Crippen LogP contribution in [0.5, 0.6) is 0 Å². The van der Waals surface area contributed by atoms with Crippen LogP contribution >= 0.6 is 0 Å². The first-order chi connectivity index (χ1) is 7.45. The Bertz CT molecular complexity index is 85.3. The van der Waals surface area contributed by atoms with Gasteiger partial charge in [0, 0.05) is 13.2 Å². The fourth-order valence-corrected chi connectivity index (χ4v) is 0.224. The fraction of sp³-hybridized carbons (Fsp3) is 1.00. The predicted molar refractivity (Wildman–Crippen MR) is 60.9 cm³/mol. The molecule has 0 aromatic rings. The molecule has 0 saturated carbocycles. The van der Waals surface area contributed by atoms with Crippen LogP contribution in [0.2, 0.25) is 0 Å². The zero-order valence-electron chi connectivity index (χ0n) is 10.1. The third-order valence-electron chi connectivity index (χ3n) is 1.09. The van der Waals surface area contributed by atoms with Gasteiger partial charge in [-0.15, -0.1) is 0 Å². The molecule has 0 aliphatic rings. The van der Waals surface area contributed by atoms with Gasteiger partial charge in [0.1, 0.15) is 0 Å². The summed E-state index contributed by atoms with van der Waals surface area (Å²) < 4.78 is 0. The van der Waals surface area contributed by atoms with Crippen molar-refractivity contribution in [2.75, 3.05) is 26.4 Å². The topological polar surface area (TPSA) is 121 Å². The maximum absolute atomic E-state index is 8.11. The number of rotatable bonds is 5. The summed E-state index contributed by atoms with van der Waals surface area (Å²) in [4.78, 5) is 0. The highest BCUT2D eigenvalue weighted by molar-refractivity contribution is 4.34. The van der Waals surface area contributed by atoms with Gasteiger partial charge in [-0.05, 0) is 26.7 Å². The molecule has 0 rings (SSSR count). The van der Waals surface area contributed by atoms with Gasteiger partial charge in [-0.25, -0.2) is 0 Å². The van der Waals surface area contributed by atoms with Gasteiger partial charge in [-0.2, -0.15) is 0 Å². The summed E-state index contributed by atoms with van der Waals surface area (Å²) in [6.07, 6.45) is 0.317. The molecule has 0 radical (unpaired) electrons. The van der Waals surface area contributed by atoms with E-state index in [-0.39, 0.29) is 26.4 Å². The third-order valence-corrected chi connectivity index (χ3v) is 1.09. The van der Waals surface area contributed by atoms with Crippen LogP contribution in [0.3, 0.4) is 0 Å². The van der Waals surface area contributed by atoms with E-state index in [1.807, 2.05) is 0 Å². The molecule has 6 N–H and O–H groups in total. The number of hydrogen-bond acceptors (Lipinski definition) is 6. The average molecular weight is 242 g/mol.